The molecule has 2 aromatic carbocycles. The van der Waals surface area contributed by atoms with Gasteiger partial charge in [0.05, 0.1) is 30.6 Å². The summed E-state index contributed by atoms with van der Waals surface area (Å²) in [6.07, 6.45) is 3.28. The average molecular weight is 538 g/mol. The van der Waals surface area contributed by atoms with Gasteiger partial charge in [-0.25, -0.2) is 8.78 Å². The summed E-state index contributed by atoms with van der Waals surface area (Å²) < 4.78 is 29.1. The minimum absolute atomic E-state index is 0.299. The number of carbonyl (C=O) groups excluding carboxylic acids is 2. The molecule has 2 fully saturated rings. The number of rotatable bonds is 5. The Morgan fingerprint density at radius 1 is 1.05 bits per heavy atom. The largest absolute Gasteiger partial charge is 0.343 e. The van der Waals surface area contributed by atoms with E-state index >= 15 is 0 Å². The van der Waals surface area contributed by atoms with E-state index in [0.717, 1.165) is 35.3 Å². The summed E-state index contributed by atoms with van der Waals surface area (Å²) >= 11 is 6.00. The van der Waals surface area contributed by atoms with Gasteiger partial charge in [-0.15, -0.1) is 0 Å². The van der Waals surface area contributed by atoms with Crippen LogP contribution in [-0.2, 0) is 4.79 Å². The Kier molecular flexibility index (Phi) is 7.03. The van der Waals surface area contributed by atoms with Crippen molar-refractivity contribution in [2.75, 3.05) is 26.2 Å². The van der Waals surface area contributed by atoms with Crippen molar-refractivity contribution < 1.29 is 18.4 Å². The first-order valence-corrected chi connectivity index (χ1v) is 12.9. The van der Waals surface area contributed by atoms with Crippen LogP contribution in [0.4, 0.5) is 8.78 Å². The third-order valence-corrected chi connectivity index (χ3v) is 7.52. The molecule has 2 saturated heterocycles. The van der Waals surface area contributed by atoms with Gasteiger partial charge in [0.1, 0.15) is 6.07 Å². The van der Waals surface area contributed by atoms with E-state index in [4.69, 9.17) is 11.6 Å². The number of pyridine rings is 1. The molecule has 0 unspecified atom stereocenters. The van der Waals surface area contributed by atoms with Crippen molar-refractivity contribution in [1.29, 1.82) is 5.26 Å². The Morgan fingerprint density at radius 3 is 2.47 bits per heavy atom. The number of fused-ring (bicyclic) bond motifs is 1. The predicted octanol–water partition coefficient (Wildman–Crippen LogP) is 4.86. The molecule has 38 heavy (non-hydrogen) atoms. The van der Waals surface area contributed by atoms with E-state index in [2.05, 4.69) is 10.3 Å². The fourth-order valence-electron chi connectivity index (χ4n) is 5.40. The van der Waals surface area contributed by atoms with Crippen molar-refractivity contribution in [3.8, 4) is 17.2 Å². The molecule has 0 bridgehead atoms. The summed E-state index contributed by atoms with van der Waals surface area (Å²) in [4.78, 5) is 33.3. The Hall–Kier alpha value is -3.61. The monoisotopic (exact) mass is 537 g/mol. The molecule has 2 aliphatic heterocycles. The van der Waals surface area contributed by atoms with E-state index in [1.165, 1.54) is 6.20 Å². The number of nitriles is 1. The number of hydrogen-bond acceptors (Lipinski definition) is 5. The summed E-state index contributed by atoms with van der Waals surface area (Å²) in [5.74, 6) is -4.44. The predicted molar refractivity (Wildman–Crippen MR) is 140 cm³/mol. The van der Waals surface area contributed by atoms with Crippen LogP contribution in [0, 0.1) is 11.3 Å². The molecule has 196 valence electrons. The topological polar surface area (TPSA) is 89.3 Å². The fraction of sp³-hybridized carbons (Fsp3) is 0.357. The molecule has 3 heterocycles. The Morgan fingerprint density at radius 2 is 1.76 bits per heavy atom. The molecule has 10 heteroatoms. The number of piperidine rings is 1. The highest BCUT2D eigenvalue weighted by Gasteiger charge is 2.60. The van der Waals surface area contributed by atoms with Crippen LogP contribution in [0.1, 0.15) is 36.0 Å². The first-order valence-electron chi connectivity index (χ1n) is 12.5. The van der Waals surface area contributed by atoms with Gasteiger partial charge in [-0.05, 0) is 54.3 Å². The van der Waals surface area contributed by atoms with Crippen molar-refractivity contribution in [1.82, 2.24) is 20.1 Å². The first kappa shape index (κ1) is 26.0. The molecule has 2 aliphatic rings. The number of aromatic nitrogens is 1. The number of hydrogen-bond donors (Lipinski definition) is 1. The minimum Gasteiger partial charge on any atom is -0.343 e. The zero-order chi connectivity index (χ0) is 26.9. The maximum Gasteiger partial charge on any atom is 0.270 e. The number of nitrogens with one attached hydrogen (secondary N) is 1. The Bertz CT molecular complexity index is 1420. The van der Waals surface area contributed by atoms with Gasteiger partial charge in [0, 0.05) is 29.7 Å². The highest BCUT2D eigenvalue weighted by Crippen LogP contribution is 2.42. The van der Waals surface area contributed by atoms with Crippen molar-refractivity contribution in [3.05, 3.63) is 65.3 Å². The zero-order valence-corrected chi connectivity index (χ0v) is 21.3. The maximum atomic E-state index is 14.6. The number of likely N-dealkylation sites (tertiary alicyclic amines) is 2. The van der Waals surface area contributed by atoms with Gasteiger partial charge in [0.15, 0.2) is 5.66 Å². The van der Waals surface area contributed by atoms with Crippen LogP contribution < -0.4 is 5.32 Å². The fourth-order valence-corrected chi connectivity index (χ4v) is 5.52. The summed E-state index contributed by atoms with van der Waals surface area (Å²) in [5, 5.41) is 13.8. The molecule has 2 amide bonds. The molecule has 3 aromatic rings. The van der Waals surface area contributed by atoms with Crippen molar-refractivity contribution >= 4 is 34.3 Å². The van der Waals surface area contributed by atoms with Crippen LogP contribution in [0.25, 0.3) is 22.0 Å². The lowest BCUT2D eigenvalue weighted by Gasteiger charge is -2.43. The van der Waals surface area contributed by atoms with Crippen LogP contribution in [0.2, 0.25) is 5.02 Å². The third kappa shape index (κ3) is 4.94. The van der Waals surface area contributed by atoms with Crippen molar-refractivity contribution in [2.24, 2.45) is 0 Å². The van der Waals surface area contributed by atoms with E-state index in [0.29, 0.717) is 34.6 Å². The van der Waals surface area contributed by atoms with Crippen LogP contribution >= 0.6 is 11.6 Å². The number of carbonyl (C=O) groups is 2. The normalized spacial score (nSPS) is 21.3. The smallest absolute Gasteiger partial charge is 0.270 e. The van der Waals surface area contributed by atoms with Crippen LogP contribution in [-0.4, -0.2) is 64.4 Å². The van der Waals surface area contributed by atoms with Crippen molar-refractivity contribution in [3.63, 3.8) is 0 Å². The number of halogens is 3. The zero-order valence-electron chi connectivity index (χ0n) is 20.6. The quantitative estimate of drug-likeness (QED) is 0.502. The second-order valence-corrected chi connectivity index (χ2v) is 10.2. The summed E-state index contributed by atoms with van der Waals surface area (Å²) in [5.41, 5.74) is 0.930. The molecule has 0 aliphatic carbocycles. The van der Waals surface area contributed by atoms with Gasteiger partial charge in [0.2, 0.25) is 5.91 Å². The lowest BCUT2D eigenvalue weighted by molar-refractivity contribution is -0.139. The molecule has 0 radical (unpaired) electrons. The number of alkyl halides is 2. The molecule has 1 atom stereocenters. The lowest BCUT2D eigenvalue weighted by Crippen LogP contribution is -2.60. The summed E-state index contributed by atoms with van der Waals surface area (Å²) in [6.45, 7) is -0.418. The first-order chi connectivity index (χ1) is 18.2. The van der Waals surface area contributed by atoms with Crippen LogP contribution in [0.5, 0.6) is 0 Å². The standard InChI is InChI=1S/C28H26ClF2N5O2/c29-21-7-4-19(5-8-21)20-6-9-24-23(14-20)22(10-11-33-24)26(38)34-15-25(37)36-18-27(30,31)16-28(36,17-32)35-12-2-1-3-13-35/h4-11,14H,1-3,12-13,15-16,18H2,(H,34,38)/t28-/m0/s1. The van der Waals surface area contributed by atoms with Gasteiger partial charge in [-0.1, -0.05) is 36.2 Å². The van der Waals surface area contributed by atoms with E-state index < -0.39 is 42.9 Å². The van der Waals surface area contributed by atoms with Gasteiger partial charge in [-0.3, -0.25) is 19.5 Å². The molecule has 7 nitrogen and oxygen atoms in total. The second-order valence-electron chi connectivity index (χ2n) is 9.77. The average Bonchev–Trinajstić information content (AvgIpc) is 3.23. The van der Waals surface area contributed by atoms with Gasteiger partial charge >= 0.3 is 0 Å². The third-order valence-electron chi connectivity index (χ3n) is 7.26. The second kappa shape index (κ2) is 10.3. The van der Waals surface area contributed by atoms with Crippen molar-refractivity contribution in [2.45, 2.75) is 37.3 Å². The molecule has 1 N–H and O–H groups in total. The highest BCUT2D eigenvalue weighted by molar-refractivity contribution is 6.30. The van der Waals surface area contributed by atoms with Crippen LogP contribution in [0.3, 0.4) is 0 Å². The molecular formula is C28H26ClF2N5O2. The summed E-state index contributed by atoms with van der Waals surface area (Å²) in [7, 11) is 0. The number of amides is 2. The highest BCUT2D eigenvalue weighted by atomic mass is 35.5. The Balaban J connectivity index is 1.37. The molecular weight excluding hydrogens is 512 g/mol. The van der Waals surface area contributed by atoms with Crippen LogP contribution in [0.15, 0.2) is 54.7 Å². The molecule has 0 saturated carbocycles. The SMILES string of the molecule is N#C[C@]1(N2CCCCC2)CC(F)(F)CN1C(=O)CNC(=O)c1ccnc2ccc(-c3ccc(Cl)cc3)cc12. The number of nitrogens with zero attached hydrogens (tertiary/aromatic N) is 4. The lowest BCUT2D eigenvalue weighted by atomic mass is 10.0. The van der Waals surface area contributed by atoms with Gasteiger partial charge < -0.3 is 10.2 Å². The van der Waals surface area contributed by atoms with E-state index in [-0.39, 0.29) is 0 Å². The van der Waals surface area contributed by atoms with E-state index in [9.17, 15) is 23.6 Å². The van der Waals surface area contributed by atoms with Gasteiger partial charge in [0.25, 0.3) is 11.8 Å². The summed E-state index contributed by atoms with van der Waals surface area (Å²) in [6, 6.07) is 16.4. The molecule has 0 spiro atoms. The molecule has 5 rings (SSSR count). The van der Waals surface area contributed by atoms with Gasteiger partial charge in [-0.2, -0.15) is 5.26 Å². The van der Waals surface area contributed by atoms with E-state index in [1.807, 2.05) is 30.3 Å². The minimum atomic E-state index is -3.19. The molecule has 1 aromatic heterocycles. The number of benzene rings is 2. The van der Waals surface area contributed by atoms with E-state index in [1.54, 1.807) is 29.2 Å². The Labute approximate surface area is 224 Å². The maximum absolute atomic E-state index is 14.6.